The first-order valence-electron chi connectivity index (χ1n) is 8.41. The standard InChI is InChI=1S/C19H21FN2O3S/c1-14-13-17(20)5-8-19(14)26(24,25)22-11-9-21(10-12-22)18-6-3-16(4-7-18)15(2)23/h3-8,13H,9-12H2,1-2H3. The molecule has 1 fully saturated rings. The average Bonchev–Trinajstić information content (AvgIpc) is 2.61. The lowest BCUT2D eigenvalue weighted by molar-refractivity contribution is 0.101. The fourth-order valence-corrected chi connectivity index (χ4v) is 4.76. The maximum atomic E-state index is 13.3. The van der Waals surface area contributed by atoms with Crippen molar-refractivity contribution in [2.45, 2.75) is 18.7 Å². The van der Waals surface area contributed by atoms with Crippen LogP contribution < -0.4 is 4.90 Å². The van der Waals surface area contributed by atoms with Crippen molar-refractivity contribution in [3.8, 4) is 0 Å². The van der Waals surface area contributed by atoms with Crippen LogP contribution >= 0.6 is 0 Å². The number of benzene rings is 2. The predicted octanol–water partition coefficient (Wildman–Crippen LogP) is 2.85. The Morgan fingerprint density at radius 1 is 1.00 bits per heavy atom. The highest BCUT2D eigenvalue weighted by Crippen LogP contribution is 2.24. The van der Waals surface area contributed by atoms with E-state index >= 15 is 0 Å². The SMILES string of the molecule is CC(=O)c1ccc(N2CCN(S(=O)(=O)c3ccc(F)cc3C)CC2)cc1. The van der Waals surface area contributed by atoms with Crippen molar-refractivity contribution in [3.63, 3.8) is 0 Å². The molecule has 0 spiro atoms. The highest BCUT2D eigenvalue weighted by molar-refractivity contribution is 7.89. The summed E-state index contributed by atoms with van der Waals surface area (Å²) in [5.41, 5.74) is 2.03. The molecule has 7 heteroatoms. The minimum absolute atomic E-state index is 0.0159. The number of Topliss-reactive ketones (excluding diaryl/α,β-unsaturated/α-hetero) is 1. The minimum atomic E-state index is -3.64. The van der Waals surface area contributed by atoms with Gasteiger partial charge in [0.2, 0.25) is 10.0 Å². The minimum Gasteiger partial charge on any atom is -0.369 e. The molecule has 0 saturated carbocycles. The summed E-state index contributed by atoms with van der Waals surface area (Å²) in [6.45, 7) is 4.94. The number of sulfonamides is 1. The second-order valence-electron chi connectivity index (χ2n) is 6.40. The van der Waals surface area contributed by atoms with E-state index in [0.29, 0.717) is 37.3 Å². The van der Waals surface area contributed by atoms with Gasteiger partial charge in [0.25, 0.3) is 0 Å². The van der Waals surface area contributed by atoms with Gasteiger partial charge < -0.3 is 4.90 Å². The summed E-state index contributed by atoms with van der Waals surface area (Å²) in [5, 5.41) is 0. The molecule has 0 aliphatic carbocycles. The Bertz CT molecular complexity index is 918. The fourth-order valence-electron chi connectivity index (χ4n) is 3.13. The summed E-state index contributed by atoms with van der Waals surface area (Å²) in [5.74, 6) is -0.428. The summed E-state index contributed by atoms with van der Waals surface area (Å²) >= 11 is 0. The van der Waals surface area contributed by atoms with Crippen molar-refractivity contribution in [3.05, 3.63) is 59.4 Å². The van der Waals surface area contributed by atoms with Crippen molar-refractivity contribution in [1.82, 2.24) is 4.31 Å². The van der Waals surface area contributed by atoms with Gasteiger partial charge in [-0.05, 0) is 61.9 Å². The molecule has 2 aromatic carbocycles. The molecule has 0 aromatic heterocycles. The number of carbonyl (C=O) groups is 1. The Morgan fingerprint density at radius 3 is 2.15 bits per heavy atom. The lowest BCUT2D eigenvalue weighted by atomic mass is 10.1. The van der Waals surface area contributed by atoms with Gasteiger partial charge in [0.1, 0.15) is 5.82 Å². The van der Waals surface area contributed by atoms with Gasteiger partial charge in [0, 0.05) is 37.4 Å². The number of nitrogens with zero attached hydrogens (tertiary/aromatic N) is 2. The molecule has 0 radical (unpaired) electrons. The Labute approximate surface area is 153 Å². The molecule has 1 aliphatic rings. The zero-order valence-electron chi connectivity index (χ0n) is 14.8. The number of anilines is 1. The Hall–Kier alpha value is -2.25. The van der Waals surface area contributed by atoms with Crippen LogP contribution in [0, 0.1) is 12.7 Å². The average molecular weight is 376 g/mol. The number of piperazine rings is 1. The molecule has 0 N–H and O–H groups in total. The van der Waals surface area contributed by atoms with E-state index in [1.165, 1.54) is 29.4 Å². The second kappa shape index (κ2) is 7.17. The normalized spacial score (nSPS) is 15.9. The smallest absolute Gasteiger partial charge is 0.243 e. The van der Waals surface area contributed by atoms with E-state index in [1.807, 2.05) is 12.1 Å². The zero-order chi connectivity index (χ0) is 18.9. The summed E-state index contributed by atoms with van der Waals surface area (Å²) < 4.78 is 40.4. The summed E-state index contributed by atoms with van der Waals surface area (Å²) in [4.78, 5) is 13.6. The van der Waals surface area contributed by atoms with Gasteiger partial charge >= 0.3 is 0 Å². The molecule has 5 nitrogen and oxygen atoms in total. The van der Waals surface area contributed by atoms with Gasteiger partial charge in [-0.15, -0.1) is 0 Å². The van der Waals surface area contributed by atoms with Gasteiger partial charge in [-0.25, -0.2) is 12.8 Å². The number of rotatable bonds is 4. The maximum Gasteiger partial charge on any atom is 0.243 e. The van der Waals surface area contributed by atoms with Crippen molar-refractivity contribution >= 4 is 21.5 Å². The van der Waals surface area contributed by atoms with Gasteiger partial charge in [-0.3, -0.25) is 4.79 Å². The summed E-state index contributed by atoms with van der Waals surface area (Å²) in [6.07, 6.45) is 0. The number of halogens is 1. The van der Waals surface area contributed by atoms with Gasteiger partial charge in [-0.2, -0.15) is 4.31 Å². The van der Waals surface area contributed by atoms with Crippen molar-refractivity contribution in [2.75, 3.05) is 31.1 Å². The van der Waals surface area contributed by atoms with Crippen LogP contribution in [0.2, 0.25) is 0 Å². The van der Waals surface area contributed by atoms with Crippen LogP contribution in [-0.2, 0) is 10.0 Å². The number of carbonyl (C=O) groups excluding carboxylic acids is 1. The molecule has 2 aromatic rings. The number of hydrogen-bond acceptors (Lipinski definition) is 4. The lowest BCUT2D eigenvalue weighted by Crippen LogP contribution is -2.48. The van der Waals surface area contributed by atoms with E-state index in [4.69, 9.17) is 0 Å². The van der Waals surface area contributed by atoms with E-state index in [-0.39, 0.29) is 10.7 Å². The van der Waals surface area contributed by atoms with Gasteiger partial charge in [0.05, 0.1) is 4.90 Å². The number of ketones is 1. The van der Waals surface area contributed by atoms with Crippen LogP contribution in [0.3, 0.4) is 0 Å². The highest BCUT2D eigenvalue weighted by Gasteiger charge is 2.29. The monoisotopic (exact) mass is 376 g/mol. The van der Waals surface area contributed by atoms with Crippen LogP contribution in [0.5, 0.6) is 0 Å². The molecule has 0 bridgehead atoms. The first-order chi connectivity index (χ1) is 12.3. The quantitative estimate of drug-likeness (QED) is 0.770. The Kier molecular flexibility index (Phi) is 5.11. The lowest BCUT2D eigenvalue weighted by Gasteiger charge is -2.35. The summed E-state index contributed by atoms with van der Waals surface area (Å²) in [6, 6.07) is 11.1. The first kappa shape index (κ1) is 18.5. The van der Waals surface area contributed by atoms with E-state index in [9.17, 15) is 17.6 Å². The molecule has 1 aliphatic heterocycles. The molecule has 138 valence electrons. The topological polar surface area (TPSA) is 57.7 Å². The second-order valence-corrected chi connectivity index (χ2v) is 8.31. The maximum absolute atomic E-state index is 13.3. The molecule has 3 rings (SSSR count). The Morgan fingerprint density at radius 2 is 1.62 bits per heavy atom. The van der Waals surface area contributed by atoms with Crippen molar-refractivity contribution in [1.29, 1.82) is 0 Å². The molecular formula is C19H21FN2O3S. The number of aryl methyl sites for hydroxylation is 1. The summed E-state index contributed by atoms with van der Waals surface area (Å²) in [7, 11) is -3.64. The van der Waals surface area contributed by atoms with Crippen LogP contribution in [0.4, 0.5) is 10.1 Å². The van der Waals surface area contributed by atoms with Gasteiger partial charge in [-0.1, -0.05) is 0 Å². The molecule has 0 amide bonds. The van der Waals surface area contributed by atoms with Crippen LogP contribution in [0.1, 0.15) is 22.8 Å². The third-order valence-corrected chi connectivity index (χ3v) is 6.69. The van der Waals surface area contributed by atoms with Crippen molar-refractivity contribution in [2.24, 2.45) is 0 Å². The number of hydrogen-bond donors (Lipinski definition) is 0. The molecular weight excluding hydrogens is 355 g/mol. The predicted molar refractivity (Wildman–Crippen MR) is 98.6 cm³/mol. The molecule has 26 heavy (non-hydrogen) atoms. The Balaban J connectivity index is 1.72. The zero-order valence-corrected chi connectivity index (χ0v) is 15.6. The van der Waals surface area contributed by atoms with Gasteiger partial charge in [0.15, 0.2) is 5.78 Å². The molecule has 1 saturated heterocycles. The van der Waals surface area contributed by atoms with E-state index in [0.717, 1.165) is 5.69 Å². The van der Waals surface area contributed by atoms with E-state index < -0.39 is 15.8 Å². The third kappa shape index (κ3) is 3.64. The van der Waals surface area contributed by atoms with Crippen LogP contribution in [0.25, 0.3) is 0 Å². The van der Waals surface area contributed by atoms with E-state index in [2.05, 4.69) is 4.90 Å². The van der Waals surface area contributed by atoms with Crippen LogP contribution in [-0.4, -0.2) is 44.7 Å². The molecule has 0 atom stereocenters. The highest BCUT2D eigenvalue weighted by atomic mass is 32.2. The van der Waals surface area contributed by atoms with E-state index in [1.54, 1.807) is 19.1 Å². The fraction of sp³-hybridized carbons (Fsp3) is 0.316. The first-order valence-corrected chi connectivity index (χ1v) is 9.85. The van der Waals surface area contributed by atoms with Crippen molar-refractivity contribution < 1.29 is 17.6 Å². The molecule has 1 heterocycles. The largest absolute Gasteiger partial charge is 0.369 e. The van der Waals surface area contributed by atoms with Crippen LogP contribution in [0.15, 0.2) is 47.4 Å². The molecule has 0 unspecified atom stereocenters. The third-order valence-electron chi connectivity index (χ3n) is 4.63.